The quantitative estimate of drug-likeness (QED) is 0.423. The molecule has 0 amide bonds. The van der Waals surface area contributed by atoms with Crippen molar-refractivity contribution in [2.45, 2.75) is 6.10 Å². The predicted octanol–water partition coefficient (Wildman–Crippen LogP) is -1.94. The molecule has 0 heterocycles. The SMILES string of the molecule is [O]CC(O)CN(CCO)CCO. The molecule has 0 aromatic heterocycles. The summed E-state index contributed by atoms with van der Waals surface area (Å²) in [4.78, 5) is 1.64. The highest BCUT2D eigenvalue weighted by atomic mass is 16.3. The maximum atomic E-state index is 10.2. The Morgan fingerprint density at radius 1 is 1.17 bits per heavy atom. The zero-order valence-electron chi connectivity index (χ0n) is 7.02. The van der Waals surface area contributed by atoms with Crippen LogP contribution in [0.15, 0.2) is 0 Å². The molecule has 1 unspecified atom stereocenters. The molecular weight excluding hydrogens is 162 g/mol. The Morgan fingerprint density at radius 3 is 2.00 bits per heavy atom. The number of aliphatic hydroxyl groups excluding tert-OH is 3. The fraction of sp³-hybridized carbons (Fsp3) is 1.00. The Hall–Kier alpha value is -0.200. The summed E-state index contributed by atoms with van der Waals surface area (Å²) in [5, 5.41) is 36.3. The van der Waals surface area contributed by atoms with E-state index in [1.165, 1.54) is 0 Å². The van der Waals surface area contributed by atoms with Crippen molar-refractivity contribution in [3.05, 3.63) is 0 Å². The molecule has 1 radical (unpaired) electrons. The Labute approximate surface area is 71.9 Å². The van der Waals surface area contributed by atoms with Crippen LogP contribution in [0.2, 0.25) is 0 Å². The number of nitrogens with zero attached hydrogens (tertiary/aromatic N) is 1. The summed E-state index contributed by atoms with van der Waals surface area (Å²) >= 11 is 0. The molecular formula is C7H16NO4. The number of aliphatic hydroxyl groups is 3. The number of rotatable bonds is 7. The van der Waals surface area contributed by atoms with E-state index in [1.54, 1.807) is 4.90 Å². The van der Waals surface area contributed by atoms with Gasteiger partial charge in [-0.25, -0.2) is 5.11 Å². The van der Waals surface area contributed by atoms with Crippen LogP contribution in [0.4, 0.5) is 0 Å². The van der Waals surface area contributed by atoms with E-state index in [0.717, 1.165) is 0 Å². The summed E-state index contributed by atoms with van der Waals surface area (Å²) in [5.74, 6) is 0. The second kappa shape index (κ2) is 7.45. The van der Waals surface area contributed by atoms with Gasteiger partial charge in [0.05, 0.1) is 19.3 Å². The summed E-state index contributed by atoms with van der Waals surface area (Å²) in [6.45, 7) is 0.338. The molecule has 73 valence electrons. The third kappa shape index (κ3) is 5.45. The van der Waals surface area contributed by atoms with Crippen LogP contribution in [-0.4, -0.2) is 65.8 Å². The Balaban J connectivity index is 3.61. The molecule has 12 heavy (non-hydrogen) atoms. The van der Waals surface area contributed by atoms with Crippen molar-refractivity contribution in [1.29, 1.82) is 0 Å². The van der Waals surface area contributed by atoms with Gasteiger partial charge in [0, 0.05) is 19.6 Å². The van der Waals surface area contributed by atoms with Gasteiger partial charge in [0.1, 0.15) is 6.61 Å². The van der Waals surface area contributed by atoms with Crippen molar-refractivity contribution in [3.63, 3.8) is 0 Å². The van der Waals surface area contributed by atoms with E-state index in [-0.39, 0.29) is 19.8 Å². The van der Waals surface area contributed by atoms with Gasteiger partial charge in [-0.1, -0.05) is 0 Å². The van der Waals surface area contributed by atoms with Gasteiger partial charge in [-0.05, 0) is 0 Å². The standard InChI is InChI=1S/C7H16NO4/c9-3-1-8(2-4-10)5-7(12)6-11/h7,9-10,12H,1-6H2. The van der Waals surface area contributed by atoms with Crippen LogP contribution < -0.4 is 0 Å². The smallest absolute Gasteiger partial charge is 0.109 e. The van der Waals surface area contributed by atoms with Crippen molar-refractivity contribution < 1.29 is 20.4 Å². The fourth-order valence-electron chi connectivity index (χ4n) is 0.928. The highest BCUT2D eigenvalue weighted by Gasteiger charge is 2.09. The lowest BCUT2D eigenvalue weighted by Gasteiger charge is -2.21. The molecule has 0 aromatic rings. The van der Waals surface area contributed by atoms with Crippen LogP contribution in [0.5, 0.6) is 0 Å². The number of hydrogen-bond donors (Lipinski definition) is 3. The highest BCUT2D eigenvalue weighted by molar-refractivity contribution is 4.62. The molecule has 0 rings (SSSR count). The maximum absolute atomic E-state index is 10.2. The molecule has 0 fully saturated rings. The van der Waals surface area contributed by atoms with Gasteiger partial charge >= 0.3 is 0 Å². The summed E-state index contributed by atoms with van der Waals surface area (Å²) in [5.41, 5.74) is 0. The van der Waals surface area contributed by atoms with E-state index in [4.69, 9.17) is 15.3 Å². The summed E-state index contributed by atoms with van der Waals surface area (Å²) < 4.78 is 0. The molecule has 1 atom stereocenters. The minimum atomic E-state index is -0.914. The second-order valence-electron chi connectivity index (χ2n) is 2.57. The third-order valence-electron chi connectivity index (χ3n) is 1.49. The lowest BCUT2D eigenvalue weighted by atomic mass is 10.3. The first kappa shape index (κ1) is 11.8. The van der Waals surface area contributed by atoms with Crippen molar-refractivity contribution in [2.75, 3.05) is 39.5 Å². The van der Waals surface area contributed by atoms with E-state index in [2.05, 4.69) is 0 Å². The topological polar surface area (TPSA) is 83.8 Å². The second-order valence-corrected chi connectivity index (χ2v) is 2.57. The van der Waals surface area contributed by atoms with Gasteiger partial charge in [0.15, 0.2) is 0 Å². The molecule has 0 saturated carbocycles. The molecule has 0 aromatic carbocycles. The van der Waals surface area contributed by atoms with Crippen molar-refractivity contribution in [3.8, 4) is 0 Å². The van der Waals surface area contributed by atoms with E-state index in [1.807, 2.05) is 0 Å². The normalized spacial score (nSPS) is 13.8. The number of hydrogen-bond acceptors (Lipinski definition) is 4. The Morgan fingerprint density at radius 2 is 1.67 bits per heavy atom. The van der Waals surface area contributed by atoms with Gasteiger partial charge < -0.3 is 15.3 Å². The van der Waals surface area contributed by atoms with Gasteiger partial charge in [-0.2, -0.15) is 0 Å². The van der Waals surface area contributed by atoms with Crippen LogP contribution in [0, 0.1) is 0 Å². The highest BCUT2D eigenvalue weighted by Crippen LogP contribution is 1.91. The monoisotopic (exact) mass is 178 g/mol. The predicted molar refractivity (Wildman–Crippen MR) is 42.2 cm³/mol. The first-order valence-electron chi connectivity index (χ1n) is 3.94. The maximum Gasteiger partial charge on any atom is 0.109 e. The fourth-order valence-corrected chi connectivity index (χ4v) is 0.928. The van der Waals surface area contributed by atoms with E-state index < -0.39 is 12.7 Å². The van der Waals surface area contributed by atoms with E-state index >= 15 is 0 Å². The lowest BCUT2D eigenvalue weighted by Crippen LogP contribution is -2.37. The first-order valence-corrected chi connectivity index (χ1v) is 3.94. The summed E-state index contributed by atoms with van der Waals surface area (Å²) in [7, 11) is 0. The van der Waals surface area contributed by atoms with Gasteiger partial charge in [0.2, 0.25) is 0 Å². The zero-order chi connectivity index (χ0) is 9.40. The lowest BCUT2D eigenvalue weighted by molar-refractivity contribution is 0.0227. The molecule has 5 nitrogen and oxygen atoms in total. The van der Waals surface area contributed by atoms with Gasteiger partial charge in [-0.15, -0.1) is 0 Å². The largest absolute Gasteiger partial charge is 0.395 e. The van der Waals surface area contributed by atoms with E-state index in [0.29, 0.717) is 13.1 Å². The summed E-state index contributed by atoms with van der Waals surface area (Å²) in [6, 6.07) is 0. The molecule has 0 aliphatic carbocycles. The van der Waals surface area contributed by atoms with Crippen LogP contribution in [-0.2, 0) is 5.11 Å². The van der Waals surface area contributed by atoms with Crippen molar-refractivity contribution >= 4 is 0 Å². The molecule has 5 heteroatoms. The van der Waals surface area contributed by atoms with Crippen molar-refractivity contribution in [1.82, 2.24) is 4.90 Å². The van der Waals surface area contributed by atoms with Gasteiger partial charge in [-0.3, -0.25) is 4.90 Å². The average Bonchev–Trinajstić information content (AvgIpc) is 2.05. The average molecular weight is 178 g/mol. The van der Waals surface area contributed by atoms with Gasteiger partial charge in [0.25, 0.3) is 0 Å². The molecule has 3 N–H and O–H groups in total. The minimum absolute atomic E-state index is 0.0361. The zero-order valence-corrected chi connectivity index (χ0v) is 7.02. The molecule has 0 aliphatic rings. The Kier molecular flexibility index (Phi) is 7.33. The van der Waals surface area contributed by atoms with Crippen LogP contribution in [0.25, 0.3) is 0 Å². The third-order valence-corrected chi connectivity index (χ3v) is 1.49. The van der Waals surface area contributed by atoms with Crippen LogP contribution in [0.1, 0.15) is 0 Å². The Bertz CT molecular complexity index is 95.4. The molecule has 0 saturated heterocycles. The van der Waals surface area contributed by atoms with Crippen LogP contribution in [0.3, 0.4) is 0 Å². The van der Waals surface area contributed by atoms with Crippen molar-refractivity contribution in [2.24, 2.45) is 0 Å². The van der Waals surface area contributed by atoms with Crippen LogP contribution >= 0.6 is 0 Å². The summed E-state index contributed by atoms with van der Waals surface area (Å²) in [6.07, 6.45) is -0.914. The first-order chi connectivity index (χ1) is 5.74. The van der Waals surface area contributed by atoms with E-state index in [9.17, 15) is 5.11 Å². The molecule has 0 aliphatic heterocycles. The minimum Gasteiger partial charge on any atom is -0.395 e. The molecule has 0 bridgehead atoms. The molecule has 0 spiro atoms.